The zero-order chi connectivity index (χ0) is 12.3. The Balaban J connectivity index is 2.12. The lowest BCUT2D eigenvalue weighted by molar-refractivity contribution is 0.0967. The van der Waals surface area contributed by atoms with Gasteiger partial charge in [-0.15, -0.1) is 0 Å². The Kier molecular flexibility index (Phi) is 3.38. The molecule has 2 rings (SSSR count). The number of carbonyl (C=O) groups excluding carboxylic acids is 1. The molecule has 0 amide bonds. The molecule has 0 saturated carbocycles. The minimum absolute atomic E-state index is 0.0967. The molecule has 3 nitrogen and oxygen atoms in total. The smallest absolute Gasteiger partial charge is 0.184 e. The predicted molar refractivity (Wildman–Crippen MR) is 67.1 cm³/mol. The Bertz CT molecular complexity index is 511. The van der Waals surface area contributed by atoms with Crippen LogP contribution in [-0.2, 0) is 13.0 Å². The van der Waals surface area contributed by atoms with Gasteiger partial charge in [0.15, 0.2) is 5.78 Å². The molecule has 88 valence electrons. The molecule has 17 heavy (non-hydrogen) atoms. The van der Waals surface area contributed by atoms with E-state index in [9.17, 15) is 4.79 Å². The molecule has 0 bridgehead atoms. The molecule has 0 spiro atoms. The van der Waals surface area contributed by atoms with Crippen LogP contribution in [-0.4, -0.2) is 15.6 Å². The van der Waals surface area contributed by atoms with Crippen molar-refractivity contribution in [3.05, 3.63) is 53.3 Å². The number of carbonyl (C=O) groups is 1. The first-order valence-electron chi connectivity index (χ1n) is 5.81. The second-order valence-corrected chi connectivity index (χ2v) is 4.10. The zero-order valence-corrected chi connectivity index (χ0v) is 10.2. The normalized spacial score (nSPS) is 10.5. The molecule has 0 fully saturated rings. The number of hydrogen-bond acceptors (Lipinski definition) is 2. The fourth-order valence-corrected chi connectivity index (χ4v) is 1.72. The summed E-state index contributed by atoms with van der Waals surface area (Å²) in [7, 11) is 0. The lowest BCUT2D eigenvalue weighted by Gasteiger charge is -2.04. The van der Waals surface area contributed by atoms with E-state index in [1.165, 1.54) is 5.56 Å². The van der Waals surface area contributed by atoms with Crippen molar-refractivity contribution < 1.29 is 4.79 Å². The van der Waals surface area contributed by atoms with Crippen molar-refractivity contribution in [2.75, 3.05) is 0 Å². The first-order valence-corrected chi connectivity index (χ1v) is 5.81. The van der Waals surface area contributed by atoms with Gasteiger partial charge in [-0.2, -0.15) is 5.10 Å². The van der Waals surface area contributed by atoms with Crippen molar-refractivity contribution in [1.29, 1.82) is 0 Å². The van der Waals surface area contributed by atoms with Crippen molar-refractivity contribution in [3.8, 4) is 0 Å². The summed E-state index contributed by atoms with van der Waals surface area (Å²) in [6.45, 7) is 4.36. The number of Topliss-reactive ketones (excluding diaryl/α,β-unsaturated/α-hetero) is 1. The summed E-state index contributed by atoms with van der Waals surface area (Å²) in [6, 6.07) is 9.68. The molecule has 1 aromatic heterocycles. The number of aromatic nitrogens is 2. The fraction of sp³-hybridized carbons (Fsp3) is 0.286. The van der Waals surface area contributed by atoms with Crippen LogP contribution in [0, 0.1) is 6.92 Å². The average Bonchev–Trinajstić information content (AvgIpc) is 2.75. The standard InChI is InChI=1S/C14H16N2O/c1-3-12-4-6-13(7-5-12)14(17)10-16-11(2)8-9-15-16/h4-9H,3,10H2,1-2H3. The highest BCUT2D eigenvalue weighted by molar-refractivity contribution is 5.95. The van der Waals surface area contributed by atoms with Crippen molar-refractivity contribution in [1.82, 2.24) is 9.78 Å². The molecular formula is C14H16N2O. The summed E-state index contributed by atoms with van der Waals surface area (Å²) in [5, 5.41) is 4.11. The van der Waals surface area contributed by atoms with Crippen molar-refractivity contribution in [2.24, 2.45) is 0 Å². The van der Waals surface area contributed by atoms with Crippen LogP contribution in [0.25, 0.3) is 0 Å². The lowest BCUT2D eigenvalue weighted by Crippen LogP contribution is -2.12. The van der Waals surface area contributed by atoms with Gasteiger partial charge in [-0.1, -0.05) is 31.2 Å². The quantitative estimate of drug-likeness (QED) is 0.754. The van der Waals surface area contributed by atoms with E-state index in [1.54, 1.807) is 10.9 Å². The molecule has 0 aliphatic rings. The number of rotatable bonds is 4. The Morgan fingerprint density at radius 3 is 2.47 bits per heavy atom. The van der Waals surface area contributed by atoms with Gasteiger partial charge in [0.2, 0.25) is 0 Å². The third-order valence-corrected chi connectivity index (χ3v) is 2.91. The summed E-state index contributed by atoms with van der Waals surface area (Å²) in [6.07, 6.45) is 2.70. The van der Waals surface area contributed by atoms with Crippen molar-refractivity contribution in [2.45, 2.75) is 26.8 Å². The minimum Gasteiger partial charge on any atom is -0.292 e. The second kappa shape index (κ2) is 4.95. The van der Waals surface area contributed by atoms with Gasteiger partial charge in [-0.3, -0.25) is 9.48 Å². The summed E-state index contributed by atoms with van der Waals surface area (Å²) in [5.74, 6) is 0.0967. The molecule has 0 saturated heterocycles. The molecule has 0 N–H and O–H groups in total. The number of hydrogen-bond donors (Lipinski definition) is 0. The SMILES string of the molecule is CCc1ccc(C(=O)Cn2nccc2C)cc1. The Morgan fingerprint density at radius 1 is 1.24 bits per heavy atom. The number of aryl methyl sites for hydroxylation is 2. The number of nitrogens with zero attached hydrogens (tertiary/aromatic N) is 2. The number of ketones is 1. The van der Waals surface area contributed by atoms with Gasteiger partial charge in [-0.05, 0) is 25.0 Å². The third-order valence-electron chi connectivity index (χ3n) is 2.91. The summed E-state index contributed by atoms with van der Waals surface area (Å²) >= 11 is 0. The topological polar surface area (TPSA) is 34.9 Å². The van der Waals surface area contributed by atoms with Gasteiger partial charge < -0.3 is 0 Å². The largest absolute Gasteiger partial charge is 0.292 e. The molecule has 0 atom stereocenters. The molecule has 0 aliphatic carbocycles. The van der Waals surface area contributed by atoms with Gasteiger partial charge in [0, 0.05) is 17.5 Å². The Morgan fingerprint density at radius 2 is 1.94 bits per heavy atom. The van der Waals surface area contributed by atoms with E-state index in [0.29, 0.717) is 6.54 Å². The summed E-state index contributed by atoms with van der Waals surface area (Å²) in [5.41, 5.74) is 3.00. The van der Waals surface area contributed by atoms with E-state index >= 15 is 0 Å². The molecule has 0 unspecified atom stereocenters. The average molecular weight is 228 g/mol. The van der Waals surface area contributed by atoms with E-state index in [-0.39, 0.29) is 5.78 Å². The predicted octanol–water partition coefficient (Wildman–Crippen LogP) is 2.64. The van der Waals surface area contributed by atoms with Gasteiger partial charge >= 0.3 is 0 Å². The highest BCUT2D eigenvalue weighted by Crippen LogP contribution is 2.07. The van der Waals surface area contributed by atoms with Crippen molar-refractivity contribution >= 4 is 5.78 Å². The van der Waals surface area contributed by atoms with E-state index in [1.807, 2.05) is 37.3 Å². The lowest BCUT2D eigenvalue weighted by atomic mass is 10.1. The van der Waals surface area contributed by atoms with Crippen LogP contribution < -0.4 is 0 Å². The molecule has 1 aromatic carbocycles. The maximum Gasteiger partial charge on any atom is 0.184 e. The molecule has 0 radical (unpaired) electrons. The van der Waals surface area contributed by atoms with Gasteiger partial charge in [-0.25, -0.2) is 0 Å². The van der Waals surface area contributed by atoms with E-state index in [2.05, 4.69) is 12.0 Å². The third kappa shape index (κ3) is 2.61. The summed E-state index contributed by atoms with van der Waals surface area (Å²) < 4.78 is 1.72. The highest BCUT2D eigenvalue weighted by atomic mass is 16.1. The molecule has 2 aromatic rings. The van der Waals surface area contributed by atoms with Gasteiger partial charge in [0.25, 0.3) is 0 Å². The Hall–Kier alpha value is -1.90. The van der Waals surface area contributed by atoms with Crippen LogP contribution in [0.3, 0.4) is 0 Å². The first-order chi connectivity index (χ1) is 8.20. The minimum atomic E-state index is 0.0967. The van der Waals surface area contributed by atoms with E-state index in [0.717, 1.165) is 17.7 Å². The monoisotopic (exact) mass is 228 g/mol. The van der Waals surface area contributed by atoms with Crippen LogP contribution in [0.4, 0.5) is 0 Å². The van der Waals surface area contributed by atoms with Crippen LogP contribution >= 0.6 is 0 Å². The van der Waals surface area contributed by atoms with Crippen LogP contribution in [0.2, 0.25) is 0 Å². The van der Waals surface area contributed by atoms with E-state index in [4.69, 9.17) is 0 Å². The number of benzene rings is 1. The van der Waals surface area contributed by atoms with Crippen molar-refractivity contribution in [3.63, 3.8) is 0 Å². The zero-order valence-electron chi connectivity index (χ0n) is 10.2. The van der Waals surface area contributed by atoms with Gasteiger partial charge in [0.1, 0.15) is 6.54 Å². The molecule has 3 heteroatoms. The van der Waals surface area contributed by atoms with Crippen LogP contribution in [0.1, 0.15) is 28.5 Å². The second-order valence-electron chi connectivity index (χ2n) is 4.10. The van der Waals surface area contributed by atoms with E-state index < -0.39 is 0 Å². The first kappa shape index (κ1) is 11.6. The summed E-state index contributed by atoms with van der Waals surface area (Å²) in [4.78, 5) is 12.0. The van der Waals surface area contributed by atoms with Crippen LogP contribution in [0.5, 0.6) is 0 Å². The molecular weight excluding hydrogens is 212 g/mol. The fourth-order valence-electron chi connectivity index (χ4n) is 1.72. The Labute approximate surface area is 101 Å². The van der Waals surface area contributed by atoms with Crippen LogP contribution in [0.15, 0.2) is 36.5 Å². The maximum absolute atomic E-state index is 12.0. The van der Waals surface area contributed by atoms with Gasteiger partial charge in [0.05, 0.1) is 0 Å². The maximum atomic E-state index is 12.0. The molecule has 1 heterocycles. The highest BCUT2D eigenvalue weighted by Gasteiger charge is 2.08. The molecule has 0 aliphatic heterocycles.